The zero-order valence-corrected chi connectivity index (χ0v) is 10.4. The van der Waals surface area contributed by atoms with Crippen molar-refractivity contribution in [3.05, 3.63) is 29.6 Å². The van der Waals surface area contributed by atoms with Crippen LogP contribution >= 0.6 is 0 Å². The van der Waals surface area contributed by atoms with Crippen molar-refractivity contribution >= 4 is 0 Å². The highest BCUT2D eigenvalue weighted by Crippen LogP contribution is 2.19. The molecule has 1 atom stereocenters. The van der Waals surface area contributed by atoms with E-state index < -0.39 is 0 Å². The minimum Gasteiger partial charge on any atom is -0.494 e. The fraction of sp³-hybridized carbons (Fsp3) is 0.462. The lowest BCUT2D eigenvalue weighted by molar-refractivity contribution is 0.252. The van der Waals surface area contributed by atoms with Gasteiger partial charge in [-0.05, 0) is 31.7 Å². The van der Waals surface area contributed by atoms with Crippen LogP contribution in [0.25, 0.3) is 0 Å². The van der Waals surface area contributed by atoms with Crippen LogP contribution in [0.3, 0.4) is 0 Å². The zero-order valence-electron chi connectivity index (χ0n) is 10.4. The molecule has 4 heteroatoms. The van der Waals surface area contributed by atoms with Gasteiger partial charge in [-0.2, -0.15) is 5.26 Å². The minimum atomic E-state index is -0.355. The molecule has 0 saturated heterocycles. The third kappa shape index (κ3) is 3.72. The largest absolute Gasteiger partial charge is 0.494 e. The van der Waals surface area contributed by atoms with E-state index in [2.05, 4.69) is 6.07 Å². The van der Waals surface area contributed by atoms with Gasteiger partial charge < -0.3 is 4.74 Å². The predicted octanol–water partition coefficient (Wildman–Crippen LogP) is 2.57. The maximum absolute atomic E-state index is 13.5. The number of halogens is 1. The maximum Gasteiger partial charge on any atom is 0.165 e. The van der Waals surface area contributed by atoms with E-state index in [9.17, 15) is 4.39 Å². The van der Waals surface area contributed by atoms with Crippen molar-refractivity contribution in [2.75, 3.05) is 14.2 Å². The number of nitrogens with zero attached hydrogens (tertiary/aromatic N) is 2. The van der Waals surface area contributed by atoms with Gasteiger partial charge >= 0.3 is 0 Å². The van der Waals surface area contributed by atoms with E-state index >= 15 is 0 Å². The Balaban J connectivity index is 2.69. The Hall–Kier alpha value is -1.60. The monoisotopic (exact) mass is 236 g/mol. The molecule has 1 unspecified atom stereocenters. The van der Waals surface area contributed by atoms with Crippen LogP contribution in [0, 0.1) is 17.1 Å². The summed E-state index contributed by atoms with van der Waals surface area (Å²) in [4.78, 5) is 2.02. The van der Waals surface area contributed by atoms with Crippen LogP contribution in [0.5, 0.6) is 5.75 Å². The molecule has 0 spiro atoms. The minimum absolute atomic E-state index is 0.158. The van der Waals surface area contributed by atoms with Gasteiger partial charge in [0.1, 0.15) is 0 Å². The summed E-state index contributed by atoms with van der Waals surface area (Å²) in [6.07, 6.45) is 0.467. The summed E-state index contributed by atoms with van der Waals surface area (Å²) in [5, 5.41) is 8.61. The van der Waals surface area contributed by atoms with Crippen LogP contribution in [0.15, 0.2) is 18.2 Å². The van der Waals surface area contributed by atoms with Gasteiger partial charge in [0.15, 0.2) is 11.6 Å². The zero-order chi connectivity index (χ0) is 12.8. The number of rotatable bonds is 5. The fourth-order valence-electron chi connectivity index (χ4n) is 1.54. The molecule has 0 N–H and O–H groups in total. The molecular weight excluding hydrogens is 219 g/mol. The van der Waals surface area contributed by atoms with Crippen LogP contribution in [-0.4, -0.2) is 25.1 Å². The van der Waals surface area contributed by atoms with Crippen molar-refractivity contribution in [1.29, 1.82) is 5.26 Å². The predicted molar refractivity (Wildman–Crippen MR) is 64.1 cm³/mol. The van der Waals surface area contributed by atoms with Crippen molar-refractivity contribution in [2.45, 2.75) is 25.9 Å². The molecule has 0 aliphatic rings. The van der Waals surface area contributed by atoms with E-state index in [0.717, 1.165) is 5.56 Å². The van der Waals surface area contributed by atoms with Crippen LogP contribution in [-0.2, 0) is 6.54 Å². The highest BCUT2D eigenvalue weighted by molar-refractivity contribution is 5.29. The number of hydrogen-bond donors (Lipinski definition) is 0. The topological polar surface area (TPSA) is 36.3 Å². The number of nitriles is 1. The molecule has 0 aliphatic carbocycles. The summed E-state index contributed by atoms with van der Waals surface area (Å²) >= 11 is 0. The number of methoxy groups -OCH3 is 1. The standard InChI is InChI=1S/C13H17FN2O/c1-10(6-7-15)16(2)9-11-4-5-13(17-3)12(14)8-11/h4-5,8,10H,6,9H2,1-3H3. The molecule has 1 aromatic rings. The Kier molecular flexibility index (Phi) is 4.92. The fourth-order valence-corrected chi connectivity index (χ4v) is 1.54. The van der Waals surface area contributed by atoms with Crippen LogP contribution in [0.4, 0.5) is 4.39 Å². The van der Waals surface area contributed by atoms with Gasteiger partial charge in [0.05, 0.1) is 19.6 Å². The summed E-state index contributed by atoms with van der Waals surface area (Å²) in [7, 11) is 3.36. The van der Waals surface area contributed by atoms with Crippen molar-refractivity contribution in [3.63, 3.8) is 0 Å². The van der Waals surface area contributed by atoms with Gasteiger partial charge in [-0.25, -0.2) is 4.39 Å². The van der Waals surface area contributed by atoms with E-state index in [4.69, 9.17) is 10.00 Å². The molecule has 0 saturated carbocycles. The lowest BCUT2D eigenvalue weighted by Crippen LogP contribution is -2.28. The Bertz CT molecular complexity index is 414. The lowest BCUT2D eigenvalue weighted by atomic mass is 10.1. The maximum atomic E-state index is 13.5. The first kappa shape index (κ1) is 13.5. The Morgan fingerprint density at radius 1 is 1.53 bits per heavy atom. The number of benzene rings is 1. The molecule has 0 radical (unpaired) electrons. The van der Waals surface area contributed by atoms with Gasteiger partial charge in [-0.15, -0.1) is 0 Å². The SMILES string of the molecule is COc1ccc(CN(C)C(C)CC#N)cc1F. The molecule has 1 aromatic carbocycles. The summed E-state index contributed by atoms with van der Waals surface area (Å²) < 4.78 is 18.3. The van der Waals surface area contributed by atoms with Gasteiger partial charge in [0.2, 0.25) is 0 Å². The summed E-state index contributed by atoms with van der Waals surface area (Å²) in [6.45, 7) is 2.59. The molecule has 0 bridgehead atoms. The lowest BCUT2D eigenvalue weighted by Gasteiger charge is -2.22. The first-order chi connectivity index (χ1) is 8.08. The highest BCUT2D eigenvalue weighted by atomic mass is 19.1. The Morgan fingerprint density at radius 3 is 2.76 bits per heavy atom. The van der Waals surface area contributed by atoms with Crippen molar-refractivity contribution < 1.29 is 9.13 Å². The van der Waals surface area contributed by atoms with Crippen molar-refractivity contribution in [2.24, 2.45) is 0 Å². The second kappa shape index (κ2) is 6.21. The average Bonchev–Trinajstić information content (AvgIpc) is 2.29. The normalized spacial score (nSPS) is 12.2. The van der Waals surface area contributed by atoms with Gasteiger partial charge in [-0.3, -0.25) is 4.90 Å². The molecule has 0 amide bonds. The van der Waals surface area contributed by atoms with Crippen LogP contribution in [0.2, 0.25) is 0 Å². The van der Waals surface area contributed by atoms with Gasteiger partial charge in [-0.1, -0.05) is 6.07 Å². The van der Waals surface area contributed by atoms with Crippen LogP contribution < -0.4 is 4.74 Å². The van der Waals surface area contributed by atoms with Crippen molar-refractivity contribution in [1.82, 2.24) is 4.90 Å². The molecule has 17 heavy (non-hydrogen) atoms. The smallest absolute Gasteiger partial charge is 0.165 e. The molecule has 0 aromatic heterocycles. The van der Waals surface area contributed by atoms with E-state index in [1.165, 1.54) is 13.2 Å². The summed E-state index contributed by atoms with van der Waals surface area (Å²) in [5.41, 5.74) is 0.871. The van der Waals surface area contributed by atoms with E-state index in [1.54, 1.807) is 6.07 Å². The summed E-state index contributed by atoms with van der Waals surface area (Å²) in [6, 6.07) is 7.20. The molecule has 3 nitrogen and oxygen atoms in total. The third-order valence-electron chi connectivity index (χ3n) is 2.79. The third-order valence-corrected chi connectivity index (χ3v) is 2.79. The van der Waals surface area contributed by atoms with Gasteiger partial charge in [0, 0.05) is 12.6 Å². The first-order valence-corrected chi connectivity index (χ1v) is 5.48. The molecular formula is C13H17FN2O. The Labute approximate surface area is 101 Å². The average molecular weight is 236 g/mol. The highest BCUT2D eigenvalue weighted by Gasteiger charge is 2.10. The first-order valence-electron chi connectivity index (χ1n) is 5.48. The number of ether oxygens (including phenoxy) is 1. The summed E-state index contributed by atoms with van der Waals surface area (Å²) in [5.74, 6) is -0.104. The Morgan fingerprint density at radius 2 is 2.24 bits per heavy atom. The van der Waals surface area contributed by atoms with E-state index in [1.807, 2.05) is 24.9 Å². The number of hydrogen-bond acceptors (Lipinski definition) is 3. The second-order valence-electron chi connectivity index (χ2n) is 4.10. The van der Waals surface area contributed by atoms with Crippen LogP contribution in [0.1, 0.15) is 18.9 Å². The molecule has 0 fully saturated rings. The van der Waals surface area contributed by atoms with E-state index in [-0.39, 0.29) is 17.6 Å². The molecule has 1 rings (SSSR count). The molecule has 92 valence electrons. The molecule has 0 aliphatic heterocycles. The molecule has 0 heterocycles. The second-order valence-corrected chi connectivity index (χ2v) is 4.10. The van der Waals surface area contributed by atoms with Gasteiger partial charge in [0.25, 0.3) is 0 Å². The quantitative estimate of drug-likeness (QED) is 0.788. The van der Waals surface area contributed by atoms with E-state index in [0.29, 0.717) is 13.0 Å². The van der Waals surface area contributed by atoms with Crippen molar-refractivity contribution in [3.8, 4) is 11.8 Å².